The highest BCUT2D eigenvalue weighted by molar-refractivity contribution is 7.99. The minimum atomic E-state index is 0. The molecule has 0 saturated carbocycles. The molecule has 2 atom stereocenters. The van der Waals surface area contributed by atoms with E-state index in [1.165, 1.54) is 123 Å². The summed E-state index contributed by atoms with van der Waals surface area (Å²) in [4.78, 5) is 5.24. The Morgan fingerprint density at radius 2 is 1.06 bits per heavy atom. The summed E-state index contributed by atoms with van der Waals surface area (Å²) in [6.45, 7) is 7.54. The summed E-state index contributed by atoms with van der Waals surface area (Å²) >= 11 is 6.69. The van der Waals surface area contributed by atoms with Gasteiger partial charge >= 0.3 is 0 Å². The molecule has 0 radical (unpaired) electrons. The van der Waals surface area contributed by atoms with Crippen molar-refractivity contribution in [2.24, 2.45) is 11.8 Å². The second-order valence-corrected chi connectivity index (χ2v) is 13.0. The van der Waals surface area contributed by atoms with Gasteiger partial charge in [-0.2, -0.15) is 17.5 Å². The molecule has 0 spiro atoms. The first-order chi connectivity index (χ1) is 15.8. The monoisotopic (exact) mass is 580 g/mol. The lowest BCUT2D eigenvalue weighted by atomic mass is 9.78. The molecule has 6 fully saturated rings. The van der Waals surface area contributed by atoms with Crippen molar-refractivity contribution in [1.29, 1.82) is 0 Å². The van der Waals surface area contributed by atoms with E-state index in [2.05, 4.69) is 18.5 Å². The molecule has 6 saturated heterocycles. The second-order valence-electron chi connectivity index (χ2n) is 9.80. The highest BCUT2D eigenvalue weighted by Crippen LogP contribution is 2.42. The van der Waals surface area contributed by atoms with Crippen molar-refractivity contribution in [1.82, 2.24) is 27.3 Å². The highest BCUT2D eigenvalue weighted by atomic mass is 35.5. The summed E-state index contributed by atoms with van der Waals surface area (Å²) in [6.07, 6.45) is 7.82. The lowest BCUT2D eigenvalue weighted by Crippen LogP contribution is -2.46. The van der Waals surface area contributed by atoms with Crippen LogP contribution in [0.15, 0.2) is 10.1 Å². The molecule has 6 aliphatic rings. The SMILES string of the molecule is C(CCSc1nsnc1C1CN2CCC1CC2)CSc1nsnc1C1CN2CCC1CC2.Cl.Cl. The van der Waals surface area contributed by atoms with E-state index < -0.39 is 0 Å². The number of hydrogen-bond acceptors (Lipinski definition) is 10. The minimum absolute atomic E-state index is 0. The quantitative estimate of drug-likeness (QED) is 0.284. The molecule has 2 unspecified atom stereocenters. The lowest BCUT2D eigenvalue weighted by molar-refractivity contribution is 0.0846. The van der Waals surface area contributed by atoms with E-state index in [0.29, 0.717) is 11.8 Å². The summed E-state index contributed by atoms with van der Waals surface area (Å²) in [5, 5.41) is 2.43. The Labute approximate surface area is 232 Å². The van der Waals surface area contributed by atoms with E-state index in [0.717, 1.165) is 23.3 Å². The molecule has 4 bridgehead atoms. The van der Waals surface area contributed by atoms with Gasteiger partial charge in [0.2, 0.25) is 0 Å². The third-order valence-corrected chi connectivity index (χ3v) is 11.4. The van der Waals surface area contributed by atoms with Gasteiger partial charge in [0, 0.05) is 24.9 Å². The van der Waals surface area contributed by atoms with Gasteiger partial charge in [0.05, 0.1) is 34.8 Å². The highest BCUT2D eigenvalue weighted by Gasteiger charge is 2.38. The van der Waals surface area contributed by atoms with Gasteiger partial charge in [0.25, 0.3) is 0 Å². The topological polar surface area (TPSA) is 58.0 Å². The Kier molecular flexibility index (Phi) is 10.2. The van der Waals surface area contributed by atoms with Crippen molar-refractivity contribution in [3.05, 3.63) is 11.4 Å². The molecule has 190 valence electrons. The Morgan fingerprint density at radius 1 is 0.647 bits per heavy atom. The molecule has 6 aliphatic heterocycles. The molecule has 0 N–H and O–H groups in total. The molecule has 0 amide bonds. The maximum Gasteiger partial charge on any atom is 0.134 e. The standard InChI is InChI=1S/C22H32N6S4.2ClH/c1(11-29-21-19(23-31-25-21)17-13-27-7-3-15(17)4-8-27)2-12-30-22-20(24-32-26-22)18-14-28-9-5-16(18)6-10-28;;/h15-18H,1-14H2;2*1H. The van der Waals surface area contributed by atoms with E-state index in [-0.39, 0.29) is 24.8 Å². The first kappa shape index (κ1) is 27.4. The fraction of sp³-hybridized carbons (Fsp3) is 0.818. The number of piperidine rings is 6. The zero-order valence-corrected chi connectivity index (χ0v) is 24.2. The van der Waals surface area contributed by atoms with Gasteiger partial charge in [-0.15, -0.1) is 48.3 Å². The predicted octanol–water partition coefficient (Wildman–Crippen LogP) is 5.52. The largest absolute Gasteiger partial charge is 0.303 e. The van der Waals surface area contributed by atoms with E-state index in [1.807, 2.05) is 23.5 Å². The average Bonchev–Trinajstić information content (AvgIpc) is 3.52. The Hall–Kier alpha value is 0.320. The van der Waals surface area contributed by atoms with Crippen molar-refractivity contribution in [3.8, 4) is 0 Å². The average molecular weight is 582 g/mol. The van der Waals surface area contributed by atoms with Gasteiger partial charge < -0.3 is 9.80 Å². The summed E-state index contributed by atoms with van der Waals surface area (Å²) in [7, 11) is 0. The number of halogens is 2. The third kappa shape index (κ3) is 5.90. The zero-order chi connectivity index (χ0) is 21.3. The number of thioether (sulfide) groups is 2. The molecule has 6 nitrogen and oxygen atoms in total. The Bertz CT molecular complexity index is 825. The van der Waals surface area contributed by atoms with Crippen molar-refractivity contribution in [2.45, 2.75) is 60.4 Å². The van der Waals surface area contributed by atoms with Gasteiger partial charge in [-0.25, -0.2) is 0 Å². The van der Waals surface area contributed by atoms with Crippen LogP contribution in [0.5, 0.6) is 0 Å². The lowest BCUT2D eigenvalue weighted by Gasteiger charge is -2.44. The molecular weight excluding hydrogens is 547 g/mol. The smallest absolute Gasteiger partial charge is 0.134 e. The Balaban J connectivity index is 0.00000137. The maximum absolute atomic E-state index is 4.74. The van der Waals surface area contributed by atoms with E-state index in [9.17, 15) is 0 Å². The second kappa shape index (κ2) is 12.7. The van der Waals surface area contributed by atoms with Gasteiger partial charge in [-0.1, -0.05) is 0 Å². The molecule has 12 heteroatoms. The number of nitrogens with zero attached hydrogens (tertiary/aromatic N) is 6. The van der Waals surface area contributed by atoms with Gasteiger partial charge in [0.15, 0.2) is 0 Å². The van der Waals surface area contributed by atoms with Crippen LogP contribution in [0.1, 0.15) is 61.7 Å². The maximum atomic E-state index is 4.74. The molecule has 0 aromatic carbocycles. The zero-order valence-electron chi connectivity index (χ0n) is 19.3. The Morgan fingerprint density at radius 3 is 1.41 bits per heavy atom. The van der Waals surface area contributed by atoms with Crippen LogP contribution in [0.3, 0.4) is 0 Å². The fourth-order valence-electron chi connectivity index (χ4n) is 6.12. The molecule has 8 heterocycles. The number of fused-ring (bicyclic) bond motifs is 6. The predicted molar refractivity (Wildman–Crippen MR) is 149 cm³/mol. The molecule has 0 aliphatic carbocycles. The first-order valence-corrected chi connectivity index (χ1v) is 15.6. The molecule has 8 rings (SSSR count). The van der Waals surface area contributed by atoms with Crippen LogP contribution in [0, 0.1) is 11.8 Å². The number of aromatic nitrogens is 4. The van der Waals surface area contributed by atoms with Crippen molar-refractivity contribution < 1.29 is 0 Å². The normalized spacial score (nSPS) is 31.8. The van der Waals surface area contributed by atoms with E-state index >= 15 is 0 Å². The summed E-state index contributed by atoms with van der Waals surface area (Å²) in [6, 6.07) is 0. The number of hydrogen-bond donors (Lipinski definition) is 0. The minimum Gasteiger partial charge on any atom is -0.303 e. The van der Waals surface area contributed by atoms with Crippen LogP contribution in [0.25, 0.3) is 0 Å². The van der Waals surface area contributed by atoms with Crippen LogP contribution in [-0.2, 0) is 0 Å². The number of unbranched alkanes of at least 4 members (excludes halogenated alkanes) is 1. The summed E-state index contributed by atoms with van der Waals surface area (Å²) < 4.78 is 18.8. The van der Waals surface area contributed by atoms with Gasteiger partial charge in [-0.05, 0) is 88.0 Å². The fourth-order valence-corrected chi connectivity index (χ4v) is 9.67. The molecule has 34 heavy (non-hydrogen) atoms. The van der Waals surface area contributed by atoms with E-state index in [1.54, 1.807) is 0 Å². The van der Waals surface area contributed by atoms with Crippen LogP contribution in [0.2, 0.25) is 0 Å². The van der Waals surface area contributed by atoms with Gasteiger partial charge in [-0.3, -0.25) is 0 Å². The molecule has 2 aromatic rings. The first-order valence-electron chi connectivity index (χ1n) is 12.2. The van der Waals surface area contributed by atoms with E-state index in [4.69, 9.17) is 8.75 Å². The van der Waals surface area contributed by atoms with Crippen molar-refractivity contribution in [2.75, 3.05) is 50.8 Å². The number of rotatable bonds is 9. The summed E-state index contributed by atoms with van der Waals surface area (Å²) in [5.41, 5.74) is 2.61. The third-order valence-electron chi connectivity index (χ3n) is 8.00. The van der Waals surface area contributed by atoms with Gasteiger partial charge in [0.1, 0.15) is 10.1 Å². The van der Waals surface area contributed by atoms with Crippen molar-refractivity contribution in [3.63, 3.8) is 0 Å². The van der Waals surface area contributed by atoms with Crippen LogP contribution in [0.4, 0.5) is 0 Å². The van der Waals surface area contributed by atoms with Crippen LogP contribution < -0.4 is 0 Å². The van der Waals surface area contributed by atoms with Crippen LogP contribution >= 0.6 is 71.8 Å². The van der Waals surface area contributed by atoms with Crippen molar-refractivity contribution >= 4 is 71.8 Å². The summed E-state index contributed by atoms with van der Waals surface area (Å²) in [5.74, 6) is 5.19. The molecular formula is C22H34Cl2N6S4. The van der Waals surface area contributed by atoms with Crippen LogP contribution in [-0.4, -0.2) is 78.1 Å². The molecule has 2 aromatic heterocycles.